The van der Waals surface area contributed by atoms with Crippen LogP contribution in [0.5, 0.6) is 0 Å². The molecule has 96 valence electrons. The highest BCUT2D eigenvalue weighted by atomic mass is 16.2. The van der Waals surface area contributed by atoms with Gasteiger partial charge in [0.1, 0.15) is 6.04 Å². The van der Waals surface area contributed by atoms with Gasteiger partial charge in [-0.2, -0.15) is 0 Å². The van der Waals surface area contributed by atoms with E-state index in [0.717, 1.165) is 32.1 Å². The normalized spacial score (nSPS) is 26.1. The lowest BCUT2D eigenvalue weighted by atomic mass is 9.91. The lowest BCUT2D eigenvalue weighted by Gasteiger charge is -2.42. The fourth-order valence-corrected chi connectivity index (χ4v) is 2.92. The Morgan fingerprint density at radius 2 is 1.94 bits per heavy atom. The number of hydrogen-bond donors (Lipinski definition) is 1. The summed E-state index contributed by atoms with van der Waals surface area (Å²) in [5, 5.41) is 2.69. The summed E-state index contributed by atoms with van der Waals surface area (Å²) >= 11 is 0. The molecule has 1 N–H and O–H groups in total. The molecule has 0 aromatic heterocycles. The molecule has 0 radical (unpaired) electrons. The molecule has 1 unspecified atom stereocenters. The lowest BCUT2D eigenvalue weighted by Crippen LogP contribution is -2.58. The summed E-state index contributed by atoms with van der Waals surface area (Å²) in [4.78, 5) is 26.1. The maximum atomic E-state index is 12.3. The molecule has 0 aromatic carbocycles. The highest BCUT2D eigenvalue weighted by molar-refractivity contribution is 5.89. The number of likely N-dealkylation sites (tertiary alicyclic amines) is 1. The van der Waals surface area contributed by atoms with Gasteiger partial charge in [0.05, 0.1) is 0 Å². The Kier molecular flexibility index (Phi) is 3.15. The molecule has 1 atom stereocenters. The van der Waals surface area contributed by atoms with Gasteiger partial charge in [0.2, 0.25) is 11.8 Å². The van der Waals surface area contributed by atoms with Crippen LogP contribution in [0.25, 0.3) is 0 Å². The van der Waals surface area contributed by atoms with Gasteiger partial charge in [0, 0.05) is 18.5 Å². The van der Waals surface area contributed by atoms with Gasteiger partial charge in [-0.15, -0.1) is 0 Å². The van der Waals surface area contributed by atoms with Crippen LogP contribution in [0.15, 0.2) is 0 Å². The average Bonchev–Trinajstić information content (AvgIpc) is 3.07. The Morgan fingerprint density at radius 1 is 1.29 bits per heavy atom. The van der Waals surface area contributed by atoms with Crippen LogP contribution in [-0.2, 0) is 9.59 Å². The van der Waals surface area contributed by atoms with Crippen LogP contribution in [0.4, 0.5) is 0 Å². The molecule has 2 fully saturated rings. The minimum atomic E-state index is -0.244. The molecule has 0 aromatic rings. The van der Waals surface area contributed by atoms with Gasteiger partial charge in [0.25, 0.3) is 0 Å². The van der Waals surface area contributed by atoms with Crippen molar-refractivity contribution in [1.29, 1.82) is 0 Å². The third-order valence-electron chi connectivity index (χ3n) is 4.05. The van der Waals surface area contributed by atoms with Crippen molar-refractivity contribution in [2.45, 2.75) is 57.5 Å². The van der Waals surface area contributed by atoms with E-state index < -0.39 is 0 Å². The van der Waals surface area contributed by atoms with Crippen LogP contribution in [0.1, 0.15) is 46.0 Å². The second-order valence-electron chi connectivity index (χ2n) is 5.61. The first-order valence-corrected chi connectivity index (χ1v) is 6.56. The third kappa shape index (κ3) is 2.05. The number of nitrogens with one attached hydrogen (secondary N) is 1. The number of nitrogens with zero attached hydrogens (tertiary/aromatic N) is 1. The van der Waals surface area contributed by atoms with Gasteiger partial charge in [0.15, 0.2) is 0 Å². The van der Waals surface area contributed by atoms with E-state index in [-0.39, 0.29) is 29.3 Å². The van der Waals surface area contributed by atoms with Gasteiger partial charge >= 0.3 is 0 Å². The van der Waals surface area contributed by atoms with Crippen molar-refractivity contribution >= 4 is 11.8 Å². The predicted octanol–water partition coefficient (Wildman–Crippen LogP) is 1.30. The molecule has 1 saturated heterocycles. The van der Waals surface area contributed by atoms with E-state index in [4.69, 9.17) is 0 Å². The maximum absolute atomic E-state index is 12.3. The number of carbonyl (C=O) groups is 2. The summed E-state index contributed by atoms with van der Waals surface area (Å²) in [6.45, 7) is 3.82. The van der Waals surface area contributed by atoms with Crippen molar-refractivity contribution in [1.82, 2.24) is 10.2 Å². The van der Waals surface area contributed by atoms with E-state index in [1.807, 2.05) is 18.7 Å². The molecule has 1 aliphatic heterocycles. The van der Waals surface area contributed by atoms with Crippen molar-refractivity contribution in [3.63, 3.8) is 0 Å². The molecule has 2 aliphatic rings. The van der Waals surface area contributed by atoms with E-state index in [9.17, 15) is 9.59 Å². The number of carbonyl (C=O) groups excluding carboxylic acids is 2. The monoisotopic (exact) mass is 238 g/mol. The summed E-state index contributed by atoms with van der Waals surface area (Å²) in [7, 11) is 1.65. The number of amides is 2. The minimum Gasteiger partial charge on any atom is -0.357 e. The Balaban J connectivity index is 2.24. The summed E-state index contributed by atoms with van der Waals surface area (Å²) in [6, 6.07) is -0.244. The molecular formula is C13H22N2O2. The maximum Gasteiger partial charge on any atom is 0.242 e. The second kappa shape index (κ2) is 4.31. The van der Waals surface area contributed by atoms with Gasteiger partial charge in [-0.25, -0.2) is 0 Å². The lowest BCUT2D eigenvalue weighted by molar-refractivity contribution is -0.149. The number of piperidine rings is 1. The largest absolute Gasteiger partial charge is 0.357 e. The molecule has 2 amide bonds. The Hall–Kier alpha value is -1.06. The fourth-order valence-electron chi connectivity index (χ4n) is 2.92. The zero-order valence-corrected chi connectivity index (χ0v) is 11.0. The quantitative estimate of drug-likeness (QED) is 0.788. The molecule has 1 saturated carbocycles. The van der Waals surface area contributed by atoms with Crippen LogP contribution < -0.4 is 5.32 Å². The fraction of sp³-hybridized carbons (Fsp3) is 0.846. The van der Waals surface area contributed by atoms with Crippen LogP contribution in [0.2, 0.25) is 0 Å². The third-order valence-corrected chi connectivity index (χ3v) is 4.05. The SMILES string of the molecule is CNC(=O)C1CCCC2(CC2)N1C(=O)C(C)C. The van der Waals surface area contributed by atoms with Crippen LogP contribution in [-0.4, -0.2) is 35.3 Å². The zero-order chi connectivity index (χ0) is 12.6. The van der Waals surface area contributed by atoms with E-state index in [1.54, 1.807) is 7.05 Å². The number of hydrogen-bond acceptors (Lipinski definition) is 2. The van der Waals surface area contributed by atoms with Gasteiger partial charge < -0.3 is 10.2 Å². The van der Waals surface area contributed by atoms with E-state index in [2.05, 4.69) is 5.32 Å². The van der Waals surface area contributed by atoms with E-state index in [1.165, 1.54) is 0 Å². The summed E-state index contributed by atoms with van der Waals surface area (Å²) in [5.41, 5.74) is 0.0246. The molecular weight excluding hydrogens is 216 g/mol. The van der Waals surface area contributed by atoms with Crippen LogP contribution in [0, 0.1) is 5.92 Å². The molecule has 0 bridgehead atoms. The highest BCUT2D eigenvalue weighted by Crippen LogP contribution is 2.50. The van der Waals surface area contributed by atoms with Gasteiger partial charge in [-0.1, -0.05) is 13.8 Å². The number of likely N-dealkylation sites (N-methyl/N-ethyl adjacent to an activating group) is 1. The van der Waals surface area contributed by atoms with Crippen molar-refractivity contribution in [2.75, 3.05) is 7.05 Å². The average molecular weight is 238 g/mol. The molecule has 2 rings (SSSR count). The molecule has 1 spiro atoms. The van der Waals surface area contributed by atoms with Gasteiger partial charge in [-0.05, 0) is 32.1 Å². The molecule has 4 nitrogen and oxygen atoms in total. The van der Waals surface area contributed by atoms with Crippen LogP contribution in [0.3, 0.4) is 0 Å². The highest BCUT2D eigenvalue weighted by Gasteiger charge is 2.55. The molecule has 1 aliphatic carbocycles. The van der Waals surface area contributed by atoms with Crippen LogP contribution >= 0.6 is 0 Å². The molecule has 17 heavy (non-hydrogen) atoms. The smallest absolute Gasteiger partial charge is 0.242 e. The summed E-state index contributed by atoms with van der Waals surface area (Å²) in [5.74, 6) is 0.0958. The molecule has 4 heteroatoms. The van der Waals surface area contributed by atoms with Crippen molar-refractivity contribution < 1.29 is 9.59 Å². The molecule has 1 heterocycles. The van der Waals surface area contributed by atoms with Crippen molar-refractivity contribution in [3.8, 4) is 0 Å². The second-order valence-corrected chi connectivity index (χ2v) is 5.61. The van der Waals surface area contributed by atoms with Crippen molar-refractivity contribution in [2.24, 2.45) is 5.92 Å². The first-order chi connectivity index (χ1) is 8.02. The van der Waals surface area contributed by atoms with E-state index >= 15 is 0 Å². The summed E-state index contributed by atoms with van der Waals surface area (Å²) in [6.07, 6.45) is 5.07. The van der Waals surface area contributed by atoms with Gasteiger partial charge in [-0.3, -0.25) is 9.59 Å². The first-order valence-electron chi connectivity index (χ1n) is 6.56. The van der Waals surface area contributed by atoms with E-state index in [0.29, 0.717) is 0 Å². The predicted molar refractivity (Wildman–Crippen MR) is 65.4 cm³/mol. The summed E-state index contributed by atoms with van der Waals surface area (Å²) < 4.78 is 0. The topological polar surface area (TPSA) is 49.4 Å². The Labute approximate surface area is 103 Å². The number of rotatable bonds is 2. The Morgan fingerprint density at radius 3 is 2.41 bits per heavy atom. The zero-order valence-electron chi connectivity index (χ0n) is 11.0. The minimum absolute atomic E-state index is 0.00928. The standard InChI is InChI=1S/C13H22N2O2/c1-9(2)12(17)15-10(11(16)14-3)5-4-6-13(15)7-8-13/h9-10H,4-8H2,1-3H3,(H,14,16). The Bertz CT molecular complexity index is 334. The first kappa shape index (κ1) is 12.4. The van der Waals surface area contributed by atoms with Crippen molar-refractivity contribution in [3.05, 3.63) is 0 Å².